The summed E-state index contributed by atoms with van der Waals surface area (Å²) in [5.74, 6) is 1.57. The van der Waals surface area contributed by atoms with Crippen molar-refractivity contribution in [3.05, 3.63) is 29.7 Å². The molecule has 0 saturated carbocycles. The maximum absolute atomic E-state index is 5.66. The van der Waals surface area contributed by atoms with Crippen LogP contribution >= 0.6 is 0 Å². The molecule has 2 aromatic heterocycles. The van der Waals surface area contributed by atoms with Crippen molar-refractivity contribution in [3.8, 4) is 0 Å². The molecule has 1 aliphatic heterocycles. The number of hydrogen-bond acceptors (Lipinski definition) is 4. The zero-order chi connectivity index (χ0) is 13.4. The zero-order valence-electron chi connectivity index (χ0n) is 11.6. The van der Waals surface area contributed by atoms with E-state index in [0.717, 1.165) is 36.5 Å². The lowest BCUT2D eigenvalue weighted by molar-refractivity contribution is 0.271. The minimum Gasteiger partial charge on any atom is -0.326 e. The standard InChI is InChI=1S/C14H21N5/c1-10(2)18-5-4-12(9-18)14-17-16-13-7-11(8-15)3-6-19(13)14/h3,6-7,10,12H,4-5,8-9,15H2,1-2H3. The number of rotatable bonds is 3. The number of nitrogens with two attached hydrogens (primary N) is 1. The lowest BCUT2D eigenvalue weighted by Gasteiger charge is -2.19. The molecule has 1 fully saturated rings. The first-order valence-electron chi connectivity index (χ1n) is 6.96. The van der Waals surface area contributed by atoms with Gasteiger partial charge in [-0.3, -0.25) is 4.40 Å². The summed E-state index contributed by atoms with van der Waals surface area (Å²) in [5.41, 5.74) is 7.66. The lowest BCUT2D eigenvalue weighted by Crippen LogP contribution is -2.28. The van der Waals surface area contributed by atoms with Gasteiger partial charge in [-0.15, -0.1) is 10.2 Å². The topological polar surface area (TPSA) is 59.5 Å². The van der Waals surface area contributed by atoms with Crippen LogP contribution in [0.5, 0.6) is 0 Å². The first kappa shape index (κ1) is 12.6. The van der Waals surface area contributed by atoms with Crippen molar-refractivity contribution >= 4 is 5.65 Å². The minimum absolute atomic E-state index is 0.487. The second kappa shape index (κ2) is 4.90. The Morgan fingerprint density at radius 2 is 2.26 bits per heavy atom. The molecular weight excluding hydrogens is 238 g/mol. The monoisotopic (exact) mass is 259 g/mol. The molecule has 0 radical (unpaired) electrons. The highest BCUT2D eigenvalue weighted by Gasteiger charge is 2.28. The Hall–Kier alpha value is -1.46. The van der Waals surface area contributed by atoms with E-state index in [1.54, 1.807) is 0 Å². The highest BCUT2D eigenvalue weighted by atomic mass is 15.3. The molecular formula is C14H21N5. The molecule has 2 aromatic rings. The van der Waals surface area contributed by atoms with E-state index in [-0.39, 0.29) is 0 Å². The molecule has 0 amide bonds. The quantitative estimate of drug-likeness (QED) is 0.905. The van der Waals surface area contributed by atoms with E-state index in [1.165, 1.54) is 0 Å². The van der Waals surface area contributed by atoms with Crippen molar-refractivity contribution in [1.82, 2.24) is 19.5 Å². The predicted octanol–water partition coefficient (Wildman–Crippen LogP) is 1.39. The summed E-state index contributed by atoms with van der Waals surface area (Å²) >= 11 is 0. The Bertz CT molecular complexity index is 574. The van der Waals surface area contributed by atoms with Crippen LogP contribution < -0.4 is 5.73 Å². The molecule has 0 spiro atoms. The molecule has 102 valence electrons. The number of aromatic nitrogens is 3. The van der Waals surface area contributed by atoms with Gasteiger partial charge in [0.2, 0.25) is 0 Å². The predicted molar refractivity (Wildman–Crippen MR) is 74.9 cm³/mol. The van der Waals surface area contributed by atoms with E-state index in [0.29, 0.717) is 18.5 Å². The summed E-state index contributed by atoms with van der Waals surface area (Å²) in [6, 6.07) is 4.67. The van der Waals surface area contributed by atoms with Gasteiger partial charge in [-0.25, -0.2) is 0 Å². The highest BCUT2D eigenvalue weighted by Crippen LogP contribution is 2.27. The van der Waals surface area contributed by atoms with Crippen molar-refractivity contribution in [2.75, 3.05) is 13.1 Å². The first-order chi connectivity index (χ1) is 9.19. The minimum atomic E-state index is 0.487. The molecule has 19 heavy (non-hydrogen) atoms. The summed E-state index contributed by atoms with van der Waals surface area (Å²) < 4.78 is 2.10. The fraction of sp³-hybridized carbons (Fsp3) is 0.571. The normalized spacial score (nSPS) is 20.7. The third-order valence-corrected chi connectivity index (χ3v) is 4.05. The molecule has 3 heterocycles. The van der Waals surface area contributed by atoms with Crippen LogP contribution in [-0.4, -0.2) is 38.6 Å². The van der Waals surface area contributed by atoms with Crippen molar-refractivity contribution in [2.24, 2.45) is 5.73 Å². The summed E-state index contributed by atoms with van der Waals surface area (Å²) in [7, 11) is 0. The third-order valence-electron chi connectivity index (χ3n) is 4.05. The highest BCUT2D eigenvalue weighted by molar-refractivity contribution is 5.41. The Kier molecular flexibility index (Phi) is 3.24. The SMILES string of the molecule is CC(C)N1CCC(c2nnc3cc(CN)ccn23)C1. The molecule has 2 N–H and O–H groups in total. The molecule has 5 nitrogen and oxygen atoms in total. The van der Waals surface area contributed by atoms with E-state index >= 15 is 0 Å². The Labute approximate surface area is 113 Å². The van der Waals surface area contributed by atoms with Gasteiger partial charge in [-0.1, -0.05) is 0 Å². The fourth-order valence-electron chi connectivity index (χ4n) is 2.82. The number of hydrogen-bond donors (Lipinski definition) is 1. The average molecular weight is 259 g/mol. The fourth-order valence-corrected chi connectivity index (χ4v) is 2.82. The van der Waals surface area contributed by atoms with E-state index in [1.807, 2.05) is 12.3 Å². The van der Waals surface area contributed by atoms with Crippen LogP contribution in [0.15, 0.2) is 18.3 Å². The van der Waals surface area contributed by atoms with Gasteiger partial charge in [-0.05, 0) is 44.5 Å². The second-order valence-electron chi connectivity index (χ2n) is 5.60. The summed E-state index contributed by atoms with van der Waals surface area (Å²) in [6.45, 7) is 7.27. The van der Waals surface area contributed by atoms with Gasteiger partial charge in [-0.2, -0.15) is 0 Å². The zero-order valence-corrected chi connectivity index (χ0v) is 11.6. The summed E-state index contributed by atoms with van der Waals surface area (Å²) in [6.07, 6.45) is 3.21. The smallest absolute Gasteiger partial charge is 0.161 e. The summed E-state index contributed by atoms with van der Waals surface area (Å²) in [5, 5.41) is 8.67. The molecule has 1 unspecified atom stereocenters. The number of likely N-dealkylation sites (tertiary alicyclic amines) is 1. The molecule has 0 aliphatic carbocycles. The Morgan fingerprint density at radius 1 is 1.42 bits per heavy atom. The van der Waals surface area contributed by atoms with Crippen molar-refractivity contribution in [2.45, 2.75) is 38.8 Å². The molecule has 1 atom stereocenters. The number of nitrogens with zero attached hydrogens (tertiary/aromatic N) is 4. The van der Waals surface area contributed by atoms with Crippen LogP contribution in [0, 0.1) is 0 Å². The van der Waals surface area contributed by atoms with Gasteiger partial charge in [0.05, 0.1) is 0 Å². The largest absolute Gasteiger partial charge is 0.326 e. The number of pyridine rings is 1. The molecule has 0 bridgehead atoms. The van der Waals surface area contributed by atoms with Crippen LogP contribution in [-0.2, 0) is 6.54 Å². The van der Waals surface area contributed by atoms with Crippen molar-refractivity contribution < 1.29 is 0 Å². The van der Waals surface area contributed by atoms with E-state index in [9.17, 15) is 0 Å². The molecule has 0 aromatic carbocycles. The maximum atomic E-state index is 5.66. The third kappa shape index (κ3) is 2.24. The van der Waals surface area contributed by atoms with Crippen molar-refractivity contribution in [3.63, 3.8) is 0 Å². The molecule has 1 aliphatic rings. The lowest BCUT2D eigenvalue weighted by atomic mass is 10.1. The van der Waals surface area contributed by atoms with Crippen LogP contribution in [0.2, 0.25) is 0 Å². The van der Waals surface area contributed by atoms with E-state index in [4.69, 9.17) is 5.73 Å². The van der Waals surface area contributed by atoms with Crippen LogP contribution in [0.25, 0.3) is 5.65 Å². The molecule has 1 saturated heterocycles. The first-order valence-corrected chi connectivity index (χ1v) is 6.96. The van der Waals surface area contributed by atoms with Gasteiger partial charge >= 0.3 is 0 Å². The Balaban J connectivity index is 1.90. The molecule has 3 rings (SSSR count). The average Bonchev–Trinajstić information content (AvgIpc) is 3.03. The Morgan fingerprint density at radius 3 is 2.95 bits per heavy atom. The van der Waals surface area contributed by atoms with Gasteiger partial charge in [0, 0.05) is 31.2 Å². The van der Waals surface area contributed by atoms with Gasteiger partial charge in [0.1, 0.15) is 5.82 Å². The summed E-state index contributed by atoms with van der Waals surface area (Å²) in [4.78, 5) is 2.50. The van der Waals surface area contributed by atoms with Gasteiger partial charge in [0.15, 0.2) is 5.65 Å². The second-order valence-corrected chi connectivity index (χ2v) is 5.60. The van der Waals surface area contributed by atoms with Gasteiger partial charge < -0.3 is 10.6 Å². The van der Waals surface area contributed by atoms with Crippen LogP contribution in [0.1, 0.15) is 37.6 Å². The van der Waals surface area contributed by atoms with Crippen LogP contribution in [0.4, 0.5) is 0 Å². The van der Waals surface area contributed by atoms with Crippen molar-refractivity contribution in [1.29, 1.82) is 0 Å². The maximum Gasteiger partial charge on any atom is 0.161 e. The van der Waals surface area contributed by atoms with E-state index in [2.05, 4.69) is 39.4 Å². The van der Waals surface area contributed by atoms with Gasteiger partial charge in [0.25, 0.3) is 0 Å². The number of fused-ring (bicyclic) bond motifs is 1. The van der Waals surface area contributed by atoms with E-state index < -0.39 is 0 Å². The molecule has 5 heteroatoms. The van der Waals surface area contributed by atoms with Crippen LogP contribution in [0.3, 0.4) is 0 Å².